The molecule has 10 heteroatoms. The lowest BCUT2D eigenvalue weighted by molar-refractivity contribution is -0.119. The number of rotatable bonds is 10. The van der Waals surface area contributed by atoms with E-state index in [1.807, 2.05) is 0 Å². The van der Waals surface area contributed by atoms with Crippen LogP contribution in [-0.4, -0.2) is 43.4 Å². The first-order valence-electron chi connectivity index (χ1n) is 11.0. The molecule has 36 heavy (non-hydrogen) atoms. The molecule has 0 saturated heterocycles. The number of amides is 3. The van der Waals surface area contributed by atoms with Gasteiger partial charge in [-0.05, 0) is 49.4 Å². The zero-order valence-corrected chi connectivity index (χ0v) is 19.4. The molecule has 3 rings (SSSR count). The summed E-state index contributed by atoms with van der Waals surface area (Å²) in [7, 11) is 0. The normalized spacial score (nSPS) is 10.2. The van der Waals surface area contributed by atoms with Crippen LogP contribution in [0.15, 0.2) is 72.8 Å². The maximum Gasteiger partial charge on any atom is 0.342 e. The van der Waals surface area contributed by atoms with Gasteiger partial charge in [-0.25, -0.2) is 9.18 Å². The average molecular weight is 493 g/mol. The van der Waals surface area contributed by atoms with Crippen LogP contribution in [0, 0.1) is 5.82 Å². The number of esters is 1. The van der Waals surface area contributed by atoms with Gasteiger partial charge in [0.25, 0.3) is 17.7 Å². The molecule has 0 bridgehead atoms. The Morgan fingerprint density at radius 1 is 0.833 bits per heavy atom. The molecule has 9 nitrogen and oxygen atoms in total. The monoisotopic (exact) mass is 493 g/mol. The summed E-state index contributed by atoms with van der Waals surface area (Å²) >= 11 is 0. The Balaban J connectivity index is 1.54. The van der Waals surface area contributed by atoms with Gasteiger partial charge >= 0.3 is 5.97 Å². The quantitative estimate of drug-likeness (QED) is 0.372. The van der Waals surface area contributed by atoms with Gasteiger partial charge in [-0.3, -0.25) is 14.4 Å². The van der Waals surface area contributed by atoms with Crippen molar-refractivity contribution >= 4 is 35.1 Å². The first-order chi connectivity index (χ1) is 17.4. The van der Waals surface area contributed by atoms with E-state index in [2.05, 4.69) is 16.0 Å². The Bertz CT molecular complexity index is 1260. The van der Waals surface area contributed by atoms with Gasteiger partial charge in [0.05, 0.1) is 5.69 Å². The van der Waals surface area contributed by atoms with Crippen molar-refractivity contribution in [3.63, 3.8) is 0 Å². The smallest absolute Gasteiger partial charge is 0.342 e. The molecule has 3 N–H and O–H groups in total. The zero-order valence-electron chi connectivity index (χ0n) is 19.4. The zero-order chi connectivity index (χ0) is 25.9. The van der Waals surface area contributed by atoms with E-state index in [0.717, 1.165) is 0 Å². The summed E-state index contributed by atoms with van der Waals surface area (Å²) in [4.78, 5) is 48.8. The van der Waals surface area contributed by atoms with Crippen LogP contribution < -0.4 is 20.7 Å². The minimum Gasteiger partial charge on any atom is -0.483 e. The lowest BCUT2D eigenvalue weighted by Gasteiger charge is -2.12. The summed E-state index contributed by atoms with van der Waals surface area (Å²) in [6.07, 6.45) is 0. The van der Waals surface area contributed by atoms with Crippen LogP contribution in [0.2, 0.25) is 0 Å². The van der Waals surface area contributed by atoms with E-state index in [-0.39, 0.29) is 22.9 Å². The molecule has 0 aliphatic carbocycles. The Morgan fingerprint density at radius 3 is 2.33 bits per heavy atom. The van der Waals surface area contributed by atoms with Gasteiger partial charge < -0.3 is 25.4 Å². The molecular formula is C26H24FN3O6. The molecule has 0 aliphatic rings. The predicted molar refractivity (Wildman–Crippen MR) is 130 cm³/mol. The topological polar surface area (TPSA) is 123 Å². The van der Waals surface area contributed by atoms with Crippen molar-refractivity contribution in [1.29, 1.82) is 0 Å². The van der Waals surface area contributed by atoms with E-state index in [1.54, 1.807) is 43.3 Å². The Hall–Kier alpha value is -4.73. The minimum atomic E-state index is -0.841. The predicted octanol–water partition coefficient (Wildman–Crippen LogP) is 3.39. The number of para-hydroxylation sites is 2. The van der Waals surface area contributed by atoms with Crippen molar-refractivity contribution in [3.05, 3.63) is 89.7 Å². The second-order valence-corrected chi connectivity index (χ2v) is 7.38. The van der Waals surface area contributed by atoms with Crippen LogP contribution in [0.3, 0.4) is 0 Å². The molecule has 186 valence electrons. The van der Waals surface area contributed by atoms with Gasteiger partial charge in [0, 0.05) is 17.8 Å². The molecule has 0 spiro atoms. The number of anilines is 2. The number of ether oxygens (including phenoxy) is 2. The molecule has 0 heterocycles. The van der Waals surface area contributed by atoms with E-state index < -0.39 is 36.8 Å². The molecule has 0 aliphatic heterocycles. The molecular weight excluding hydrogens is 469 g/mol. The van der Waals surface area contributed by atoms with Crippen LogP contribution in [0.4, 0.5) is 15.8 Å². The fraction of sp³-hybridized carbons (Fsp3) is 0.154. The summed E-state index contributed by atoms with van der Waals surface area (Å²) < 4.78 is 24.2. The summed E-state index contributed by atoms with van der Waals surface area (Å²) in [5, 5.41) is 7.60. The highest BCUT2D eigenvalue weighted by Gasteiger charge is 2.17. The van der Waals surface area contributed by atoms with Gasteiger partial charge in [-0.1, -0.05) is 30.3 Å². The van der Waals surface area contributed by atoms with Gasteiger partial charge in [0.15, 0.2) is 13.2 Å². The standard InChI is InChI=1S/C26H24FN3O6/c1-2-28-25(33)17-8-7-9-18(14-17)29-23(31)16-36-26(34)19-10-3-6-13-22(19)35-15-24(32)30-21-12-5-4-11-20(21)27/h3-14H,2,15-16H2,1H3,(H,28,33)(H,29,31)(H,30,32). The number of carbonyl (C=O) groups excluding carboxylic acids is 4. The van der Waals surface area contributed by atoms with Gasteiger partial charge in [0.1, 0.15) is 17.1 Å². The van der Waals surface area contributed by atoms with Crippen molar-refractivity contribution in [1.82, 2.24) is 5.32 Å². The lowest BCUT2D eigenvalue weighted by atomic mass is 10.2. The summed E-state index contributed by atoms with van der Waals surface area (Å²) in [5.74, 6) is -2.90. The number of hydrogen-bond acceptors (Lipinski definition) is 6. The third kappa shape index (κ3) is 7.39. The molecule has 0 saturated carbocycles. The molecule has 3 amide bonds. The molecule has 3 aromatic rings. The number of nitrogens with one attached hydrogen (secondary N) is 3. The third-order valence-electron chi connectivity index (χ3n) is 4.69. The van der Waals surface area contributed by atoms with Crippen LogP contribution in [0.1, 0.15) is 27.6 Å². The van der Waals surface area contributed by atoms with E-state index in [1.165, 1.54) is 36.4 Å². The average Bonchev–Trinajstić information content (AvgIpc) is 2.88. The number of hydrogen-bond donors (Lipinski definition) is 3. The van der Waals surface area contributed by atoms with E-state index >= 15 is 0 Å². The SMILES string of the molecule is CCNC(=O)c1cccc(NC(=O)COC(=O)c2ccccc2OCC(=O)Nc2ccccc2F)c1. The largest absolute Gasteiger partial charge is 0.483 e. The van der Waals surface area contributed by atoms with Crippen molar-refractivity contribution < 1.29 is 33.0 Å². The highest BCUT2D eigenvalue weighted by Crippen LogP contribution is 2.20. The third-order valence-corrected chi connectivity index (χ3v) is 4.69. The lowest BCUT2D eigenvalue weighted by Crippen LogP contribution is -2.24. The van der Waals surface area contributed by atoms with Crippen LogP contribution in [0.5, 0.6) is 5.75 Å². The number of halogens is 1. The maximum atomic E-state index is 13.7. The van der Waals surface area contributed by atoms with Crippen LogP contribution >= 0.6 is 0 Å². The van der Waals surface area contributed by atoms with E-state index in [9.17, 15) is 23.6 Å². The fourth-order valence-corrected chi connectivity index (χ4v) is 3.06. The molecule has 0 aromatic heterocycles. The van der Waals surface area contributed by atoms with Crippen molar-refractivity contribution in [2.75, 3.05) is 30.4 Å². The Morgan fingerprint density at radius 2 is 1.56 bits per heavy atom. The Kier molecular flexibility index (Phi) is 9.10. The second kappa shape index (κ2) is 12.7. The van der Waals surface area contributed by atoms with E-state index in [0.29, 0.717) is 17.8 Å². The van der Waals surface area contributed by atoms with E-state index in [4.69, 9.17) is 9.47 Å². The molecule has 0 atom stereocenters. The first kappa shape index (κ1) is 25.9. The summed E-state index contributed by atoms with van der Waals surface area (Å²) in [6.45, 7) is 1.18. The molecule has 3 aromatic carbocycles. The van der Waals surface area contributed by atoms with Crippen molar-refractivity contribution in [3.8, 4) is 5.75 Å². The molecule has 0 radical (unpaired) electrons. The minimum absolute atomic E-state index is 0.00124. The van der Waals surface area contributed by atoms with Crippen LogP contribution in [0.25, 0.3) is 0 Å². The van der Waals surface area contributed by atoms with Gasteiger partial charge in [-0.15, -0.1) is 0 Å². The highest BCUT2D eigenvalue weighted by atomic mass is 19.1. The van der Waals surface area contributed by atoms with Crippen molar-refractivity contribution in [2.45, 2.75) is 6.92 Å². The summed E-state index contributed by atoms with van der Waals surface area (Å²) in [6, 6.07) is 18.0. The van der Waals surface area contributed by atoms with Crippen molar-refractivity contribution in [2.24, 2.45) is 0 Å². The second-order valence-electron chi connectivity index (χ2n) is 7.38. The van der Waals surface area contributed by atoms with Crippen LogP contribution in [-0.2, 0) is 14.3 Å². The highest BCUT2D eigenvalue weighted by molar-refractivity contribution is 5.99. The van der Waals surface area contributed by atoms with Gasteiger partial charge in [0.2, 0.25) is 0 Å². The first-order valence-corrected chi connectivity index (χ1v) is 11.0. The summed E-state index contributed by atoms with van der Waals surface area (Å²) in [5.41, 5.74) is 0.740. The molecule has 0 fully saturated rings. The molecule has 0 unspecified atom stereocenters. The Labute approximate surface area is 206 Å². The maximum absolute atomic E-state index is 13.7. The number of benzene rings is 3. The van der Waals surface area contributed by atoms with Gasteiger partial charge in [-0.2, -0.15) is 0 Å². The number of carbonyl (C=O) groups is 4. The fourth-order valence-electron chi connectivity index (χ4n) is 3.06.